The van der Waals surface area contributed by atoms with Crippen molar-refractivity contribution in [2.45, 2.75) is 126 Å². The summed E-state index contributed by atoms with van der Waals surface area (Å²) in [6.07, 6.45) is -0.353. The molecule has 0 bridgehead atoms. The van der Waals surface area contributed by atoms with Gasteiger partial charge in [-0.3, -0.25) is 9.59 Å². The Labute approximate surface area is 193 Å². The largest absolute Gasteiger partial charge is 0.459 e. The molecule has 0 spiro atoms. The number of halogens is 3. The van der Waals surface area contributed by atoms with Crippen molar-refractivity contribution in [3.63, 3.8) is 0 Å². The molecular formula is C25H45F3O4. The van der Waals surface area contributed by atoms with Crippen LogP contribution in [-0.4, -0.2) is 29.8 Å². The minimum atomic E-state index is -4.49. The fourth-order valence-electron chi connectivity index (χ4n) is 3.09. The SMILES string of the molecule is CCC(C)(C)C(=O)OC(C)(C)C1CCC(C)CC1.CCC(C)(C)C(=O)OC(C)C(F)(F)F. The summed E-state index contributed by atoms with van der Waals surface area (Å²) in [7, 11) is 0. The lowest BCUT2D eigenvalue weighted by molar-refractivity contribution is -0.221. The molecule has 190 valence electrons. The number of hydrogen-bond acceptors (Lipinski definition) is 4. The summed E-state index contributed by atoms with van der Waals surface area (Å²) in [6, 6.07) is 0. The normalized spacial score (nSPS) is 21.2. The van der Waals surface area contributed by atoms with Crippen LogP contribution >= 0.6 is 0 Å². The summed E-state index contributed by atoms with van der Waals surface area (Å²) in [5.74, 6) is 0.489. The number of carbonyl (C=O) groups is 2. The quantitative estimate of drug-likeness (QED) is 0.365. The van der Waals surface area contributed by atoms with E-state index in [-0.39, 0.29) is 17.0 Å². The fraction of sp³-hybridized carbons (Fsp3) is 0.920. The van der Waals surface area contributed by atoms with Crippen LogP contribution < -0.4 is 0 Å². The molecule has 7 heteroatoms. The Bertz CT molecular complexity index is 601. The van der Waals surface area contributed by atoms with Gasteiger partial charge in [-0.05, 0) is 86.0 Å². The molecule has 0 aliphatic heterocycles. The predicted octanol–water partition coefficient (Wildman–Crippen LogP) is 7.49. The molecule has 1 unspecified atom stereocenters. The van der Waals surface area contributed by atoms with E-state index in [1.807, 2.05) is 20.8 Å². The molecule has 1 saturated carbocycles. The van der Waals surface area contributed by atoms with Crippen LogP contribution in [0.3, 0.4) is 0 Å². The Morgan fingerprint density at radius 1 is 0.844 bits per heavy atom. The van der Waals surface area contributed by atoms with E-state index in [2.05, 4.69) is 25.5 Å². The molecule has 1 fully saturated rings. The van der Waals surface area contributed by atoms with E-state index in [4.69, 9.17) is 4.74 Å². The van der Waals surface area contributed by atoms with E-state index in [0.29, 0.717) is 12.3 Å². The highest BCUT2D eigenvalue weighted by Crippen LogP contribution is 2.38. The van der Waals surface area contributed by atoms with Gasteiger partial charge in [0, 0.05) is 0 Å². The second-order valence-electron chi connectivity index (χ2n) is 11.0. The van der Waals surface area contributed by atoms with Gasteiger partial charge in [0.05, 0.1) is 10.8 Å². The van der Waals surface area contributed by atoms with Crippen molar-refractivity contribution in [1.82, 2.24) is 0 Å². The molecule has 4 nitrogen and oxygen atoms in total. The van der Waals surface area contributed by atoms with E-state index in [0.717, 1.165) is 19.3 Å². The summed E-state index contributed by atoms with van der Waals surface area (Å²) >= 11 is 0. The molecule has 1 atom stereocenters. The number of rotatable bonds is 7. The highest BCUT2D eigenvalue weighted by Gasteiger charge is 2.41. The summed E-state index contributed by atoms with van der Waals surface area (Å²) in [5, 5.41) is 0. The van der Waals surface area contributed by atoms with Crippen LogP contribution in [0.25, 0.3) is 0 Å². The Hall–Kier alpha value is -1.27. The van der Waals surface area contributed by atoms with Crippen molar-refractivity contribution >= 4 is 11.9 Å². The zero-order valence-corrected chi connectivity index (χ0v) is 21.7. The van der Waals surface area contributed by atoms with Gasteiger partial charge in [-0.1, -0.05) is 33.6 Å². The highest BCUT2D eigenvalue weighted by molar-refractivity contribution is 5.76. The Kier molecular flexibility index (Phi) is 11.3. The number of esters is 2. The molecule has 0 saturated heterocycles. The first kappa shape index (κ1) is 30.7. The monoisotopic (exact) mass is 466 g/mol. The van der Waals surface area contributed by atoms with E-state index in [1.54, 1.807) is 20.8 Å². The molecular weight excluding hydrogens is 421 g/mol. The van der Waals surface area contributed by atoms with E-state index < -0.39 is 23.7 Å². The van der Waals surface area contributed by atoms with Crippen LogP contribution in [-0.2, 0) is 19.1 Å². The van der Waals surface area contributed by atoms with Gasteiger partial charge in [0.1, 0.15) is 5.60 Å². The maximum atomic E-state index is 12.2. The average Bonchev–Trinajstić information content (AvgIpc) is 2.67. The minimum Gasteiger partial charge on any atom is -0.459 e. The van der Waals surface area contributed by atoms with Gasteiger partial charge >= 0.3 is 18.1 Å². The molecule has 1 aliphatic carbocycles. The molecule has 0 amide bonds. The Balaban J connectivity index is 0.000000622. The van der Waals surface area contributed by atoms with Crippen molar-refractivity contribution < 1.29 is 32.2 Å². The summed E-state index contributed by atoms with van der Waals surface area (Å²) in [4.78, 5) is 23.4. The fourth-order valence-corrected chi connectivity index (χ4v) is 3.09. The van der Waals surface area contributed by atoms with Gasteiger partial charge in [0.25, 0.3) is 0 Å². The van der Waals surface area contributed by atoms with Gasteiger partial charge in [-0.2, -0.15) is 13.2 Å². The second kappa shape index (κ2) is 11.7. The third-order valence-corrected chi connectivity index (χ3v) is 6.97. The Morgan fingerprint density at radius 3 is 1.62 bits per heavy atom. The van der Waals surface area contributed by atoms with Crippen LogP contribution in [0.4, 0.5) is 13.2 Å². The first-order chi connectivity index (χ1) is 14.3. The molecule has 0 aromatic rings. The maximum absolute atomic E-state index is 12.2. The van der Waals surface area contributed by atoms with Crippen molar-refractivity contribution in [2.24, 2.45) is 22.7 Å². The van der Waals surface area contributed by atoms with Crippen LogP contribution in [0.2, 0.25) is 0 Å². The summed E-state index contributed by atoms with van der Waals surface area (Å²) in [6.45, 7) is 18.1. The van der Waals surface area contributed by atoms with Crippen molar-refractivity contribution in [1.29, 1.82) is 0 Å². The molecule has 1 aliphatic rings. The van der Waals surface area contributed by atoms with E-state index >= 15 is 0 Å². The zero-order valence-electron chi connectivity index (χ0n) is 21.7. The second-order valence-corrected chi connectivity index (χ2v) is 11.0. The standard InChI is InChI=1S/C16H30O2.C9H15F3O2/c1-7-15(3,4)14(17)18-16(5,6)13-10-8-12(2)9-11-13;1-5-8(3,4)7(13)14-6(2)9(10,11)12/h12-13H,7-11H2,1-6H3;6H,5H2,1-4H3. The lowest BCUT2D eigenvalue weighted by Gasteiger charge is -2.39. The lowest BCUT2D eigenvalue weighted by Crippen LogP contribution is -2.42. The van der Waals surface area contributed by atoms with Gasteiger partial charge < -0.3 is 9.47 Å². The predicted molar refractivity (Wildman–Crippen MR) is 121 cm³/mol. The number of ether oxygens (including phenoxy) is 2. The Morgan fingerprint density at radius 2 is 1.25 bits per heavy atom. The van der Waals surface area contributed by atoms with Crippen molar-refractivity contribution in [3.05, 3.63) is 0 Å². The minimum absolute atomic E-state index is 0.0476. The first-order valence-corrected chi connectivity index (χ1v) is 11.8. The number of alkyl halides is 3. The molecule has 0 radical (unpaired) electrons. The zero-order chi connectivity index (χ0) is 25.5. The first-order valence-electron chi connectivity index (χ1n) is 11.8. The third kappa shape index (κ3) is 9.70. The molecule has 0 aromatic heterocycles. The van der Waals surface area contributed by atoms with Gasteiger partial charge in [-0.25, -0.2) is 0 Å². The topological polar surface area (TPSA) is 52.6 Å². The molecule has 1 rings (SSSR count). The molecule has 0 N–H and O–H groups in total. The third-order valence-electron chi connectivity index (χ3n) is 6.97. The van der Waals surface area contributed by atoms with E-state index in [1.165, 1.54) is 25.7 Å². The van der Waals surface area contributed by atoms with Crippen molar-refractivity contribution in [3.8, 4) is 0 Å². The molecule has 0 aromatic carbocycles. The van der Waals surface area contributed by atoms with Crippen molar-refractivity contribution in [2.75, 3.05) is 0 Å². The molecule has 32 heavy (non-hydrogen) atoms. The van der Waals surface area contributed by atoms with Crippen LogP contribution in [0.5, 0.6) is 0 Å². The average molecular weight is 467 g/mol. The lowest BCUT2D eigenvalue weighted by atomic mass is 9.75. The van der Waals surface area contributed by atoms with Gasteiger partial charge in [0.15, 0.2) is 6.10 Å². The molecule has 0 heterocycles. The van der Waals surface area contributed by atoms with Gasteiger partial charge in [0.2, 0.25) is 0 Å². The van der Waals surface area contributed by atoms with Crippen LogP contribution in [0.15, 0.2) is 0 Å². The van der Waals surface area contributed by atoms with Crippen LogP contribution in [0.1, 0.15) is 108 Å². The van der Waals surface area contributed by atoms with Gasteiger partial charge in [-0.15, -0.1) is 0 Å². The summed E-state index contributed by atoms with van der Waals surface area (Å²) in [5.41, 5.74) is -1.54. The summed E-state index contributed by atoms with van der Waals surface area (Å²) < 4.78 is 46.2. The van der Waals surface area contributed by atoms with E-state index in [9.17, 15) is 22.8 Å². The van der Waals surface area contributed by atoms with Crippen LogP contribution in [0, 0.1) is 22.7 Å². The maximum Gasteiger partial charge on any atom is 0.425 e. The number of hydrogen-bond donors (Lipinski definition) is 0. The smallest absolute Gasteiger partial charge is 0.425 e. The number of carbonyl (C=O) groups excluding carboxylic acids is 2. The highest BCUT2D eigenvalue weighted by atomic mass is 19.4.